The van der Waals surface area contributed by atoms with Crippen LogP contribution in [-0.2, 0) is 6.42 Å². The Labute approximate surface area is 93.4 Å². The summed E-state index contributed by atoms with van der Waals surface area (Å²) in [5.74, 6) is 0. The van der Waals surface area contributed by atoms with Gasteiger partial charge < -0.3 is 15.7 Å². The number of aliphatic hydroxyl groups is 1. The number of rotatable bonds is 5. The van der Waals surface area contributed by atoms with Crippen molar-refractivity contribution in [3.05, 3.63) is 27.8 Å². The minimum atomic E-state index is -0.432. The van der Waals surface area contributed by atoms with Gasteiger partial charge in [0.25, 0.3) is 0 Å². The van der Waals surface area contributed by atoms with E-state index in [1.165, 1.54) is 0 Å². The van der Waals surface area contributed by atoms with Gasteiger partial charge in [0.1, 0.15) is 11.4 Å². The van der Waals surface area contributed by atoms with Crippen molar-refractivity contribution < 1.29 is 10.0 Å². The minimum Gasteiger partial charge on any atom is -0.396 e. The second-order valence-corrected chi connectivity index (χ2v) is 3.23. The van der Waals surface area contributed by atoms with Crippen molar-refractivity contribution in [2.45, 2.75) is 6.42 Å². The van der Waals surface area contributed by atoms with E-state index in [1.54, 1.807) is 26.2 Å². The molecule has 0 fully saturated rings. The molecule has 88 valence electrons. The van der Waals surface area contributed by atoms with E-state index >= 15 is 0 Å². The predicted molar refractivity (Wildman–Crippen MR) is 63.0 cm³/mol. The molecule has 0 heterocycles. The van der Waals surface area contributed by atoms with Crippen molar-refractivity contribution >= 4 is 17.1 Å². The van der Waals surface area contributed by atoms with Gasteiger partial charge >= 0.3 is 5.69 Å². The van der Waals surface area contributed by atoms with Crippen LogP contribution in [0.3, 0.4) is 0 Å². The van der Waals surface area contributed by atoms with Gasteiger partial charge in [-0.1, -0.05) is 6.07 Å². The number of nitro groups is 1. The largest absolute Gasteiger partial charge is 0.396 e. The molecule has 0 aliphatic heterocycles. The second-order valence-electron chi connectivity index (χ2n) is 3.23. The van der Waals surface area contributed by atoms with Crippen molar-refractivity contribution in [2.24, 2.45) is 0 Å². The van der Waals surface area contributed by atoms with Crippen molar-refractivity contribution in [1.82, 2.24) is 0 Å². The Morgan fingerprint density at radius 2 is 2.06 bits per heavy atom. The standard InChI is InChI=1S/C10H15N3O3/c1-11-8-4-3-7(5-6-14)9(12-2)10(8)13(15)16/h3-4,11-12,14H,5-6H2,1-2H3. The van der Waals surface area contributed by atoms with Gasteiger partial charge in [0.15, 0.2) is 0 Å². The summed E-state index contributed by atoms with van der Waals surface area (Å²) in [5.41, 5.74) is 1.65. The lowest BCUT2D eigenvalue weighted by Gasteiger charge is -2.11. The summed E-state index contributed by atoms with van der Waals surface area (Å²) in [5, 5.41) is 25.5. The van der Waals surface area contributed by atoms with Gasteiger partial charge in [-0.3, -0.25) is 10.1 Å². The van der Waals surface area contributed by atoms with Gasteiger partial charge in [0.2, 0.25) is 0 Å². The van der Waals surface area contributed by atoms with Crippen LogP contribution in [0.2, 0.25) is 0 Å². The molecule has 6 heteroatoms. The Kier molecular flexibility index (Phi) is 4.07. The first-order valence-electron chi connectivity index (χ1n) is 4.92. The van der Waals surface area contributed by atoms with Crippen LogP contribution in [0.5, 0.6) is 0 Å². The average molecular weight is 225 g/mol. The van der Waals surface area contributed by atoms with Crippen LogP contribution in [0.4, 0.5) is 17.1 Å². The third-order valence-corrected chi connectivity index (χ3v) is 2.35. The maximum atomic E-state index is 11.0. The summed E-state index contributed by atoms with van der Waals surface area (Å²) >= 11 is 0. The Balaban J connectivity index is 3.37. The van der Waals surface area contributed by atoms with Crippen LogP contribution >= 0.6 is 0 Å². The molecule has 0 unspecified atom stereocenters. The zero-order valence-corrected chi connectivity index (χ0v) is 9.28. The summed E-state index contributed by atoms with van der Waals surface area (Å²) in [6.45, 7) is -0.0370. The van der Waals surface area contributed by atoms with E-state index in [4.69, 9.17) is 5.11 Å². The molecule has 0 saturated heterocycles. The number of hydrogen-bond acceptors (Lipinski definition) is 5. The quantitative estimate of drug-likeness (QED) is 0.518. The van der Waals surface area contributed by atoms with Crippen LogP contribution in [0.15, 0.2) is 12.1 Å². The smallest absolute Gasteiger partial charge is 0.315 e. The summed E-state index contributed by atoms with van der Waals surface area (Å²) in [4.78, 5) is 10.5. The molecule has 0 saturated carbocycles. The average Bonchev–Trinajstić information content (AvgIpc) is 2.28. The fourth-order valence-corrected chi connectivity index (χ4v) is 1.63. The number of anilines is 2. The molecule has 6 nitrogen and oxygen atoms in total. The minimum absolute atomic E-state index is 0.0101. The third-order valence-electron chi connectivity index (χ3n) is 2.35. The second kappa shape index (κ2) is 5.32. The van der Waals surface area contributed by atoms with Crippen LogP contribution in [-0.4, -0.2) is 30.7 Å². The highest BCUT2D eigenvalue weighted by molar-refractivity contribution is 5.78. The van der Waals surface area contributed by atoms with Gasteiger partial charge in [0, 0.05) is 20.7 Å². The predicted octanol–water partition coefficient (Wildman–Crippen LogP) is 1.21. The van der Waals surface area contributed by atoms with E-state index in [0.29, 0.717) is 17.8 Å². The molecule has 1 aromatic rings. The lowest BCUT2D eigenvalue weighted by molar-refractivity contribution is -0.383. The van der Waals surface area contributed by atoms with E-state index in [9.17, 15) is 10.1 Å². The first-order valence-corrected chi connectivity index (χ1v) is 4.92. The number of benzene rings is 1. The molecule has 16 heavy (non-hydrogen) atoms. The van der Waals surface area contributed by atoms with Gasteiger partial charge in [-0.25, -0.2) is 0 Å². The van der Waals surface area contributed by atoms with Crippen molar-refractivity contribution in [2.75, 3.05) is 31.3 Å². The van der Waals surface area contributed by atoms with Gasteiger partial charge in [-0.05, 0) is 18.1 Å². The SMILES string of the molecule is CNc1ccc(CCO)c(NC)c1[N+](=O)[O-]. The monoisotopic (exact) mass is 225 g/mol. The number of aliphatic hydroxyl groups excluding tert-OH is 1. The molecule has 0 spiro atoms. The molecule has 1 aromatic carbocycles. The molecule has 0 atom stereocenters. The normalized spacial score (nSPS) is 9.94. The van der Waals surface area contributed by atoms with Crippen LogP contribution in [0.25, 0.3) is 0 Å². The molecule has 1 rings (SSSR count). The Bertz CT molecular complexity index is 393. The maximum absolute atomic E-state index is 11.0. The topological polar surface area (TPSA) is 87.4 Å². The van der Waals surface area contributed by atoms with Gasteiger partial charge in [-0.2, -0.15) is 0 Å². The lowest BCUT2D eigenvalue weighted by Crippen LogP contribution is -2.05. The zero-order chi connectivity index (χ0) is 12.1. The highest BCUT2D eigenvalue weighted by Crippen LogP contribution is 2.35. The molecule has 0 aromatic heterocycles. The highest BCUT2D eigenvalue weighted by Gasteiger charge is 2.21. The summed E-state index contributed by atoms with van der Waals surface area (Å²) in [6, 6.07) is 3.41. The lowest BCUT2D eigenvalue weighted by atomic mass is 10.1. The number of nitrogens with zero attached hydrogens (tertiary/aromatic N) is 1. The van der Waals surface area contributed by atoms with Crippen LogP contribution in [0, 0.1) is 10.1 Å². The van der Waals surface area contributed by atoms with E-state index in [0.717, 1.165) is 5.56 Å². The molecular weight excluding hydrogens is 210 g/mol. The van der Waals surface area contributed by atoms with E-state index in [-0.39, 0.29) is 12.3 Å². The van der Waals surface area contributed by atoms with Crippen molar-refractivity contribution in [3.8, 4) is 0 Å². The van der Waals surface area contributed by atoms with Gasteiger partial charge in [-0.15, -0.1) is 0 Å². The van der Waals surface area contributed by atoms with E-state index in [1.807, 2.05) is 0 Å². The fourth-order valence-electron chi connectivity index (χ4n) is 1.63. The molecule has 0 aliphatic carbocycles. The number of nitro benzene ring substituents is 1. The van der Waals surface area contributed by atoms with Gasteiger partial charge in [0.05, 0.1) is 4.92 Å². The summed E-state index contributed by atoms with van der Waals surface area (Å²) < 4.78 is 0. The molecule has 0 bridgehead atoms. The zero-order valence-electron chi connectivity index (χ0n) is 9.28. The molecular formula is C10H15N3O3. The summed E-state index contributed by atoms with van der Waals surface area (Å²) in [6.07, 6.45) is 0.390. The Morgan fingerprint density at radius 1 is 1.38 bits per heavy atom. The fraction of sp³-hybridized carbons (Fsp3) is 0.400. The van der Waals surface area contributed by atoms with E-state index < -0.39 is 4.92 Å². The molecule has 0 radical (unpaired) electrons. The van der Waals surface area contributed by atoms with Crippen LogP contribution in [0.1, 0.15) is 5.56 Å². The van der Waals surface area contributed by atoms with Crippen molar-refractivity contribution in [1.29, 1.82) is 0 Å². The Hall–Kier alpha value is -1.82. The molecule has 0 amide bonds. The number of hydrogen-bond donors (Lipinski definition) is 3. The number of nitrogens with one attached hydrogen (secondary N) is 2. The maximum Gasteiger partial charge on any atom is 0.315 e. The van der Waals surface area contributed by atoms with Crippen LogP contribution < -0.4 is 10.6 Å². The van der Waals surface area contributed by atoms with E-state index in [2.05, 4.69) is 10.6 Å². The molecule has 3 N–H and O–H groups in total. The molecule has 0 aliphatic rings. The highest BCUT2D eigenvalue weighted by atomic mass is 16.6. The van der Waals surface area contributed by atoms with Crippen molar-refractivity contribution in [3.63, 3.8) is 0 Å². The Morgan fingerprint density at radius 3 is 2.50 bits per heavy atom. The third kappa shape index (κ3) is 2.22. The first kappa shape index (κ1) is 12.3. The summed E-state index contributed by atoms with van der Waals surface area (Å²) in [7, 11) is 3.26. The first-order chi connectivity index (χ1) is 7.65.